The third-order valence-electron chi connectivity index (χ3n) is 2.85. The van der Waals surface area contributed by atoms with Gasteiger partial charge in [0.05, 0.1) is 0 Å². The second kappa shape index (κ2) is 5.91. The Morgan fingerprint density at radius 2 is 1.95 bits per heavy atom. The van der Waals surface area contributed by atoms with Crippen molar-refractivity contribution in [1.29, 1.82) is 0 Å². The molecular weight excluding hydrogens is 242 g/mol. The van der Waals surface area contributed by atoms with Crippen LogP contribution in [-0.2, 0) is 11.4 Å². The van der Waals surface area contributed by atoms with Gasteiger partial charge in [0, 0.05) is 11.3 Å². The zero-order chi connectivity index (χ0) is 13.7. The fraction of sp³-hybridized carbons (Fsp3) is 0.133. The number of rotatable bonds is 5. The molecule has 0 aliphatic rings. The molecule has 4 nitrogen and oxygen atoms in total. The highest BCUT2D eigenvalue weighted by Crippen LogP contribution is 2.23. The highest BCUT2D eigenvalue weighted by molar-refractivity contribution is 5.71. The number of carbonyl (C=O) groups excluding carboxylic acids is 1. The van der Waals surface area contributed by atoms with E-state index < -0.39 is 0 Å². The van der Waals surface area contributed by atoms with Gasteiger partial charge in [-0.2, -0.15) is 0 Å². The van der Waals surface area contributed by atoms with Crippen LogP contribution < -0.4 is 10.1 Å². The van der Waals surface area contributed by atoms with Gasteiger partial charge in [0.2, 0.25) is 6.41 Å². The number of amides is 1. The van der Waals surface area contributed by atoms with Crippen LogP contribution in [0.15, 0.2) is 42.5 Å². The molecule has 0 heterocycles. The number of phenols is 1. The molecule has 98 valence electrons. The quantitative estimate of drug-likeness (QED) is 0.810. The van der Waals surface area contributed by atoms with Crippen molar-refractivity contribution in [3.8, 4) is 11.5 Å². The van der Waals surface area contributed by atoms with Crippen molar-refractivity contribution < 1.29 is 14.6 Å². The normalized spacial score (nSPS) is 9.95. The maximum absolute atomic E-state index is 10.3. The highest BCUT2D eigenvalue weighted by atomic mass is 16.5. The zero-order valence-corrected chi connectivity index (χ0v) is 10.6. The molecule has 1 amide bonds. The molecule has 0 aliphatic heterocycles. The van der Waals surface area contributed by atoms with Crippen molar-refractivity contribution in [3.05, 3.63) is 53.6 Å². The number of hydrogen-bond acceptors (Lipinski definition) is 3. The number of nitrogens with one attached hydrogen (secondary N) is 1. The lowest BCUT2D eigenvalue weighted by atomic mass is 10.1. The Labute approximate surface area is 111 Å². The molecule has 0 radical (unpaired) electrons. The first-order valence-electron chi connectivity index (χ1n) is 5.91. The van der Waals surface area contributed by atoms with E-state index in [4.69, 9.17) is 4.74 Å². The van der Waals surface area contributed by atoms with Crippen molar-refractivity contribution in [3.63, 3.8) is 0 Å². The molecule has 0 atom stereocenters. The molecule has 0 aliphatic carbocycles. The lowest BCUT2D eigenvalue weighted by molar-refractivity contribution is -0.105. The van der Waals surface area contributed by atoms with Gasteiger partial charge >= 0.3 is 0 Å². The van der Waals surface area contributed by atoms with E-state index in [0.717, 1.165) is 11.1 Å². The molecule has 0 saturated carbocycles. The number of benzene rings is 2. The van der Waals surface area contributed by atoms with Gasteiger partial charge in [-0.3, -0.25) is 4.79 Å². The molecule has 2 aromatic rings. The van der Waals surface area contributed by atoms with Gasteiger partial charge in [-0.05, 0) is 42.8 Å². The number of aromatic hydroxyl groups is 1. The van der Waals surface area contributed by atoms with Crippen LogP contribution in [0.3, 0.4) is 0 Å². The molecule has 4 heteroatoms. The highest BCUT2D eigenvalue weighted by Gasteiger charge is 2.05. The average molecular weight is 257 g/mol. The van der Waals surface area contributed by atoms with E-state index >= 15 is 0 Å². The Morgan fingerprint density at radius 3 is 2.58 bits per heavy atom. The lowest BCUT2D eigenvalue weighted by Crippen LogP contribution is -1.99. The molecule has 2 aromatic carbocycles. The second-order valence-corrected chi connectivity index (χ2v) is 4.15. The molecule has 0 unspecified atom stereocenters. The zero-order valence-electron chi connectivity index (χ0n) is 10.6. The minimum absolute atomic E-state index is 0.235. The minimum atomic E-state index is 0.235. The average Bonchev–Trinajstić information content (AvgIpc) is 2.40. The summed E-state index contributed by atoms with van der Waals surface area (Å²) in [5.74, 6) is 0.915. The summed E-state index contributed by atoms with van der Waals surface area (Å²) in [5, 5.41) is 12.3. The van der Waals surface area contributed by atoms with Gasteiger partial charge < -0.3 is 15.2 Å². The van der Waals surface area contributed by atoms with Crippen LogP contribution in [-0.4, -0.2) is 11.5 Å². The molecule has 0 fully saturated rings. The van der Waals surface area contributed by atoms with Gasteiger partial charge in [0.1, 0.15) is 18.1 Å². The van der Waals surface area contributed by atoms with Crippen molar-refractivity contribution >= 4 is 12.1 Å². The summed E-state index contributed by atoms with van der Waals surface area (Å²) < 4.78 is 5.61. The standard InChI is InChI=1S/C15H15NO3/c1-11-3-2-4-15(18)14(11)9-19-13-7-5-12(6-8-13)16-10-17/h2-8,10,18H,9H2,1H3,(H,16,17). The molecule has 0 aromatic heterocycles. The predicted molar refractivity (Wildman–Crippen MR) is 73.3 cm³/mol. The Hall–Kier alpha value is -2.49. The van der Waals surface area contributed by atoms with Crippen LogP contribution in [0.5, 0.6) is 11.5 Å². The third-order valence-corrected chi connectivity index (χ3v) is 2.85. The Bertz CT molecular complexity index is 544. The van der Waals surface area contributed by atoms with E-state index in [9.17, 15) is 9.90 Å². The first-order valence-corrected chi connectivity index (χ1v) is 5.91. The summed E-state index contributed by atoms with van der Waals surface area (Å²) in [5.41, 5.74) is 2.47. The lowest BCUT2D eigenvalue weighted by Gasteiger charge is -2.10. The largest absolute Gasteiger partial charge is 0.508 e. The second-order valence-electron chi connectivity index (χ2n) is 4.15. The maximum Gasteiger partial charge on any atom is 0.211 e. The summed E-state index contributed by atoms with van der Waals surface area (Å²) >= 11 is 0. The van der Waals surface area contributed by atoms with E-state index in [2.05, 4.69) is 5.32 Å². The SMILES string of the molecule is Cc1cccc(O)c1COc1ccc(NC=O)cc1. The Kier molecular flexibility index (Phi) is 4.03. The maximum atomic E-state index is 10.3. The summed E-state index contributed by atoms with van der Waals surface area (Å²) in [6.45, 7) is 2.23. The predicted octanol–water partition coefficient (Wildman–Crippen LogP) is 2.85. The van der Waals surface area contributed by atoms with Gasteiger partial charge in [-0.1, -0.05) is 12.1 Å². The van der Waals surface area contributed by atoms with Crippen LogP contribution in [0.25, 0.3) is 0 Å². The first-order chi connectivity index (χ1) is 9.20. The van der Waals surface area contributed by atoms with Crippen molar-refractivity contribution in [2.24, 2.45) is 0 Å². The first kappa shape index (κ1) is 13.0. The van der Waals surface area contributed by atoms with Crippen molar-refractivity contribution in [2.45, 2.75) is 13.5 Å². The van der Waals surface area contributed by atoms with E-state index in [1.807, 2.05) is 13.0 Å². The number of carbonyl (C=O) groups is 1. The Morgan fingerprint density at radius 1 is 1.21 bits per heavy atom. The number of phenolic OH excluding ortho intramolecular Hbond substituents is 1. The van der Waals surface area contributed by atoms with E-state index in [1.54, 1.807) is 36.4 Å². The minimum Gasteiger partial charge on any atom is -0.508 e. The van der Waals surface area contributed by atoms with Gasteiger partial charge in [0.25, 0.3) is 0 Å². The molecule has 0 spiro atoms. The van der Waals surface area contributed by atoms with Crippen LogP contribution in [0, 0.1) is 6.92 Å². The number of anilines is 1. The van der Waals surface area contributed by atoms with Crippen molar-refractivity contribution in [2.75, 3.05) is 5.32 Å². The number of aryl methyl sites for hydroxylation is 1. The molecule has 2 N–H and O–H groups in total. The van der Waals surface area contributed by atoms with Crippen LogP contribution in [0.2, 0.25) is 0 Å². The topological polar surface area (TPSA) is 58.6 Å². The fourth-order valence-corrected chi connectivity index (χ4v) is 1.75. The monoisotopic (exact) mass is 257 g/mol. The summed E-state index contributed by atoms with van der Waals surface area (Å²) in [6, 6.07) is 12.4. The summed E-state index contributed by atoms with van der Waals surface area (Å²) in [6.07, 6.45) is 0.626. The number of hydrogen-bond donors (Lipinski definition) is 2. The molecule has 19 heavy (non-hydrogen) atoms. The Balaban J connectivity index is 2.04. The fourth-order valence-electron chi connectivity index (χ4n) is 1.75. The van der Waals surface area contributed by atoms with E-state index in [0.29, 0.717) is 24.5 Å². The molecule has 0 saturated heterocycles. The van der Waals surface area contributed by atoms with Crippen LogP contribution in [0.1, 0.15) is 11.1 Å². The van der Waals surface area contributed by atoms with Gasteiger partial charge in [0.15, 0.2) is 0 Å². The smallest absolute Gasteiger partial charge is 0.211 e. The number of ether oxygens (including phenoxy) is 1. The molecule has 0 bridgehead atoms. The summed E-state index contributed by atoms with van der Waals surface area (Å²) in [7, 11) is 0. The van der Waals surface area contributed by atoms with Gasteiger partial charge in [-0.15, -0.1) is 0 Å². The van der Waals surface area contributed by atoms with E-state index in [1.165, 1.54) is 0 Å². The summed E-state index contributed by atoms with van der Waals surface area (Å²) in [4.78, 5) is 10.3. The van der Waals surface area contributed by atoms with Crippen LogP contribution in [0.4, 0.5) is 5.69 Å². The molecule has 2 rings (SSSR count). The third kappa shape index (κ3) is 3.25. The van der Waals surface area contributed by atoms with Crippen molar-refractivity contribution in [1.82, 2.24) is 0 Å². The van der Waals surface area contributed by atoms with Crippen LogP contribution >= 0.6 is 0 Å². The van der Waals surface area contributed by atoms with Gasteiger partial charge in [-0.25, -0.2) is 0 Å². The molecular formula is C15H15NO3. The van der Waals surface area contributed by atoms with E-state index in [-0.39, 0.29) is 5.75 Å².